The minimum Gasteiger partial charge on any atom is -0.507 e. The third-order valence-corrected chi connectivity index (χ3v) is 5.18. The van der Waals surface area contributed by atoms with Crippen LogP contribution in [0.2, 0.25) is 0 Å². The maximum absolute atomic E-state index is 12.6. The van der Waals surface area contributed by atoms with Gasteiger partial charge in [-0.05, 0) is 49.7 Å². The van der Waals surface area contributed by atoms with E-state index in [1.165, 1.54) is 6.07 Å². The molecule has 1 saturated heterocycles. The van der Waals surface area contributed by atoms with Gasteiger partial charge in [-0.2, -0.15) is 4.99 Å². The Bertz CT molecular complexity index is 800. The number of amidine groups is 1. The topological polar surface area (TPSA) is 87.7 Å². The molecule has 1 heterocycles. The van der Waals surface area contributed by atoms with E-state index in [1.807, 2.05) is 30.3 Å². The predicted octanol–water partition coefficient (Wildman–Crippen LogP) is 2.97. The summed E-state index contributed by atoms with van der Waals surface area (Å²) in [4.78, 5) is 16.7. The molecule has 0 spiro atoms. The first-order valence-corrected chi connectivity index (χ1v) is 8.96. The number of hydrogen-bond acceptors (Lipinski definition) is 3. The molecule has 2 aromatic rings. The highest BCUT2D eigenvalue weighted by Crippen LogP contribution is 2.34. The van der Waals surface area contributed by atoms with Crippen LogP contribution >= 0.6 is 15.9 Å². The number of carbonyl (C=O) groups excluding carboxylic acids is 1. The average molecular weight is 402 g/mol. The molecule has 0 bridgehead atoms. The van der Waals surface area contributed by atoms with Crippen LogP contribution in [0.4, 0.5) is 0 Å². The van der Waals surface area contributed by atoms with Crippen LogP contribution in [0.3, 0.4) is 0 Å². The molecule has 25 heavy (non-hydrogen) atoms. The molecule has 6 heteroatoms. The molecule has 1 aliphatic heterocycles. The molecule has 0 saturated carbocycles. The van der Waals surface area contributed by atoms with E-state index in [-0.39, 0.29) is 11.3 Å². The van der Waals surface area contributed by atoms with E-state index in [1.54, 1.807) is 12.1 Å². The van der Waals surface area contributed by atoms with E-state index < -0.39 is 11.3 Å². The minimum absolute atomic E-state index is 0.108. The number of carbonyl (C=O) groups is 1. The number of nitrogens with two attached hydrogens (primary N) is 1. The molecule has 0 atom stereocenters. The summed E-state index contributed by atoms with van der Waals surface area (Å²) in [5, 5.41) is 13.3. The highest BCUT2D eigenvalue weighted by Gasteiger charge is 2.38. The molecule has 1 fully saturated rings. The Morgan fingerprint density at radius 2 is 1.84 bits per heavy atom. The van der Waals surface area contributed by atoms with Gasteiger partial charge in [-0.15, -0.1) is 0 Å². The molecule has 0 aliphatic carbocycles. The van der Waals surface area contributed by atoms with Crippen molar-refractivity contribution in [2.24, 2.45) is 10.7 Å². The van der Waals surface area contributed by atoms with Crippen LogP contribution in [0.5, 0.6) is 5.75 Å². The zero-order chi connectivity index (χ0) is 17.9. The number of benzene rings is 2. The fraction of sp³-hybridized carbons (Fsp3) is 0.263. The molecule has 1 aliphatic rings. The van der Waals surface area contributed by atoms with E-state index in [2.05, 4.69) is 26.2 Å². The number of halogens is 1. The van der Waals surface area contributed by atoms with Crippen molar-refractivity contribution < 1.29 is 9.90 Å². The van der Waals surface area contributed by atoms with Gasteiger partial charge in [0.15, 0.2) is 0 Å². The maximum Gasteiger partial charge on any atom is 0.282 e. The number of amides is 1. The zero-order valence-corrected chi connectivity index (χ0v) is 15.3. The van der Waals surface area contributed by atoms with Crippen molar-refractivity contribution in [2.45, 2.75) is 18.3 Å². The molecular formula is C19H20BrN3O2. The fourth-order valence-electron chi connectivity index (χ4n) is 3.26. The number of nitrogens with zero attached hydrogens (tertiary/aromatic N) is 1. The molecule has 4 N–H and O–H groups in total. The smallest absolute Gasteiger partial charge is 0.282 e. The zero-order valence-electron chi connectivity index (χ0n) is 13.7. The van der Waals surface area contributed by atoms with Gasteiger partial charge in [0.25, 0.3) is 5.91 Å². The Morgan fingerprint density at radius 1 is 1.16 bits per heavy atom. The number of hydrogen-bond donors (Lipinski definition) is 3. The van der Waals surface area contributed by atoms with E-state index in [4.69, 9.17) is 5.73 Å². The van der Waals surface area contributed by atoms with E-state index in [9.17, 15) is 9.90 Å². The van der Waals surface area contributed by atoms with Crippen LogP contribution in [0, 0.1) is 0 Å². The van der Waals surface area contributed by atoms with E-state index in [0.29, 0.717) is 10.3 Å². The fourth-order valence-corrected chi connectivity index (χ4v) is 3.62. The summed E-state index contributed by atoms with van der Waals surface area (Å²) in [6.45, 7) is 1.61. The van der Waals surface area contributed by atoms with Gasteiger partial charge < -0.3 is 16.2 Å². The maximum atomic E-state index is 12.6. The second-order valence-corrected chi connectivity index (χ2v) is 7.08. The largest absolute Gasteiger partial charge is 0.507 e. The van der Waals surface area contributed by atoms with Gasteiger partial charge in [-0.1, -0.05) is 46.3 Å². The quantitative estimate of drug-likeness (QED) is 0.544. The molecule has 3 rings (SSSR count). The number of nitrogens with one attached hydrogen (secondary N) is 1. The lowest BCUT2D eigenvalue weighted by Crippen LogP contribution is -2.49. The number of aliphatic imine (C=N–C) groups is 1. The number of aromatic hydroxyl groups is 1. The molecular weight excluding hydrogens is 382 g/mol. The van der Waals surface area contributed by atoms with Crippen molar-refractivity contribution >= 4 is 27.7 Å². The van der Waals surface area contributed by atoms with Crippen molar-refractivity contribution in [2.75, 3.05) is 13.1 Å². The van der Waals surface area contributed by atoms with Crippen LogP contribution in [-0.4, -0.2) is 29.9 Å². The monoisotopic (exact) mass is 401 g/mol. The standard InChI is InChI=1S/C19H20BrN3O2/c20-14-6-7-16(24)15(12-14)17(25)23-18(21)19(8-10-22-11-9-19)13-4-2-1-3-5-13/h1-7,12,22,24H,8-11H2,(H2,21,23,25). The molecule has 1 amide bonds. The van der Waals surface area contributed by atoms with Gasteiger partial charge in [0, 0.05) is 4.47 Å². The number of phenolic OH excluding ortho intramolecular Hbond substituents is 1. The van der Waals surface area contributed by atoms with Gasteiger partial charge >= 0.3 is 0 Å². The Morgan fingerprint density at radius 3 is 2.52 bits per heavy atom. The van der Waals surface area contributed by atoms with E-state index in [0.717, 1.165) is 31.5 Å². The Labute approximate surface area is 155 Å². The highest BCUT2D eigenvalue weighted by molar-refractivity contribution is 9.10. The third kappa shape index (κ3) is 3.60. The Balaban J connectivity index is 2.00. The lowest BCUT2D eigenvalue weighted by atomic mass is 9.72. The van der Waals surface area contributed by atoms with Gasteiger partial charge in [-0.25, -0.2) is 0 Å². The van der Waals surface area contributed by atoms with Crippen molar-refractivity contribution in [1.82, 2.24) is 5.32 Å². The number of phenols is 1. The van der Waals surface area contributed by atoms with Crippen LogP contribution < -0.4 is 11.1 Å². The van der Waals surface area contributed by atoms with Crippen LogP contribution in [0.1, 0.15) is 28.8 Å². The summed E-state index contributed by atoms with van der Waals surface area (Å²) in [6, 6.07) is 14.6. The minimum atomic E-state index is -0.537. The molecule has 0 aromatic heterocycles. The molecule has 5 nitrogen and oxygen atoms in total. The first kappa shape index (κ1) is 17.6. The molecule has 130 valence electrons. The van der Waals surface area contributed by atoms with Gasteiger partial charge in [0.1, 0.15) is 11.6 Å². The molecule has 0 unspecified atom stereocenters. The lowest BCUT2D eigenvalue weighted by molar-refractivity contribution is 0.0999. The van der Waals surface area contributed by atoms with Crippen LogP contribution in [0.25, 0.3) is 0 Å². The van der Waals surface area contributed by atoms with Gasteiger partial charge in [-0.3, -0.25) is 4.79 Å². The van der Waals surface area contributed by atoms with Gasteiger partial charge in [0.05, 0.1) is 11.0 Å². The SMILES string of the molecule is NC(=NC(=O)c1cc(Br)ccc1O)C1(c2ccccc2)CCNCC1. The van der Waals surface area contributed by atoms with Crippen molar-refractivity contribution in [3.05, 3.63) is 64.1 Å². The second kappa shape index (κ2) is 7.37. The van der Waals surface area contributed by atoms with Crippen LogP contribution in [0.15, 0.2) is 58.0 Å². The summed E-state index contributed by atoms with van der Waals surface area (Å²) in [6.07, 6.45) is 1.54. The average Bonchev–Trinajstić information content (AvgIpc) is 2.64. The lowest BCUT2D eigenvalue weighted by Gasteiger charge is -2.37. The number of rotatable bonds is 3. The number of piperidine rings is 1. The third-order valence-electron chi connectivity index (χ3n) is 4.68. The summed E-state index contributed by atoms with van der Waals surface area (Å²) < 4.78 is 0.696. The molecule has 0 radical (unpaired) electrons. The normalized spacial score (nSPS) is 17.2. The first-order valence-electron chi connectivity index (χ1n) is 8.17. The van der Waals surface area contributed by atoms with Crippen molar-refractivity contribution in [3.63, 3.8) is 0 Å². The van der Waals surface area contributed by atoms with Gasteiger partial charge in [0.2, 0.25) is 0 Å². The van der Waals surface area contributed by atoms with Crippen molar-refractivity contribution in [1.29, 1.82) is 0 Å². The second-order valence-electron chi connectivity index (χ2n) is 6.16. The Kier molecular flexibility index (Phi) is 5.20. The predicted molar refractivity (Wildman–Crippen MR) is 102 cm³/mol. The van der Waals surface area contributed by atoms with E-state index >= 15 is 0 Å². The highest BCUT2D eigenvalue weighted by atomic mass is 79.9. The first-order chi connectivity index (χ1) is 12.0. The summed E-state index contributed by atoms with van der Waals surface area (Å²) >= 11 is 3.30. The molecule has 2 aromatic carbocycles. The Hall–Kier alpha value is -2.18. The summed E-state index contributed by atoms with van der Waals surface area (Å²) in [5.41, 5.74) is 7.07. The van der Waals surface area contributed by atoms with Crippen LogP contribution in [-0.2, 0) is 5.41 Å². The summed E-state index contributed by atoms with van der Waals surface area (Å²) in [7, 11) is 0. The summed E-state index contributed by atoms with van der Waals surface area (Å²) in [5.74, 6) is -0.349. The van der Waals surface area contributed by atoms with Crippen molar-refractivity contribution in [3.8, 4) is 5.75 Å².